The molecule has 0 atom stereocenters. The van der Waals surface area contributed by atoms with Gasteiger partial charge in [0, 0.05) is 19.1 Å². The number of rotatable bonds is 2. The number of terminal acetylenes is 1. The molecule has 0 fully saturated rings. The molecule has 0 aromatic rings. The molecule has 0 aliphatic carbocycles. The molecule has 34 valence electrons. The maximum atomic E-state index is 5.06. The summed E-state index contributed by atoms with van der Waals surface area (Å²) in [4.78, 5) is 0. The first-order valence-electron chi connectivity index (χ1n) is 1.80. The van der Waals surface area contributed by atoms with Crippen molar-refractivity contribution in [1.82, 2.24) is 5.32 Å². The number of hydrogen-bond donors (Lipinski definition) is 2. The zero-order valence-corrected chi connectivity index (χ0v) is 3.57. The van der Waals surface area contributed by atoms with E-state index in [0.717, 1.165) is 0 Å². The lowest BCUT2D eigenvalue weighted by molar-refractivity contribution is 0.865. The van der Waals surface area contributed by atoms with Gasteiger partial charge in [-0.05, 0) is 0 Å². The first-order chi connectivity index (χ1) is 2.91. The van der Waals surface area contributed by atoms with Crippen LogP contribution in [0.2, 0.25) is 0 Å². The van der Waals surface area contributed by atoms with Crippen molar-refractivity contribution < 1.29 is 0 Å². The fraction of sp³-hybridized carbons (Fsp3) is 0.500. The summed E-state index contributed by atoms with van der Waals surface area (Å²) in [5.41, 5.74) is 5.06. The summed E-state index contributed by atoms with van der Waals surface area (Å²) >= 11 is 0. The smallest absolute Gasteiger partial charge is 0.0352 e. The average molecular weight is 84.1 g/mol. The first-order valence-corrected chi connectivity index (χ1v) is 1.80. The highest BCUT2D eigenvalue weighted by Crippen LogP contribution is 1.42. The maximum absolute atomic E-state index is 5.06. The van der Waals surface area contributed by atoms with Crippen LogP contribution in [0.1, 0.15) is 0 Å². The van der Waals surface area contributed by atoms with Crippen molar-refractivity contribution in [3.63, 3.8) is 0 Å². The van der Waals surface area contributed by atoms with Crippen molar-refractivity contribution in [2.75, 3.05) is 13.1 Å². The minimum atomic E-state index is 0.601. The quantitative estimate of drug-likeness (QED) is 0.259. The van der Waals surface area contributed by atoms with Crippen LogP contribution in [0.3, 0.4) is 0 Å². The van der Waals surface area contributed by atoms with E-state index in [9.17, 15) is 0 Å². The SMILES string of the molecule is C#CNCCN. The fourth-order valence-electron chi connectivity index (χ4n) is 0.144. The van der Waals surface area contributed by atoms with Gasteiger partial charge in [-0.3, -0.25) is 0 Å². The summed E-state index contributed by atoms with van der Waals surface area (Å²) in [6, 6.07) is 2.24. The topological polar surface area (TPSA) is 38.0 Å². The van der Waals surface area contributed by atoms with Crippen LogP contribution in [-0.4, -0.2) is 13.1 Å². The highest BCUT2D eigenvalue weighted by Gasteiger charge is 1.66. The Morgan fingerprint density at radius 1 is 1.83 bits per heavy atom. The number of nitrogens with two attached hydrogens (primary N) is 1. The highest BCUT2D eigenvalue weighted by molar-refractivity contribution is 4.79. The molecule has 0 aromatic heterocycles. The van der Waals surface area contributed by atoms with Crippen LogP contribution in [-0.2, 0) is 0 Å². The Balaban J connectivity index is 2.54. The third-order valence-corrected chi connectivity index (χ3v) is 0.371. The Kier molecular flexibility index (Phi) is 3.83. The van der Waals surface area contributed by atoms with Gasteiger partial charge in [0.1, 0.15) is 0 Å². The fourth-order valence-corrected chi connectivity index (χ4v) is 0.144. The first kappa shape index (κ1) is 5.32. The van der Waals surface area contributed by atoms with E-state index in [0.29, 0.717) is 13.1 Å². The van der Waals surface area contributed by atoms with Crippen molar-refractivity contribution in [3.05, 3.63) is 0 Å². The van der Waals surface area contributed by atoms with Crippen molar-refractivity contribution in [3.8, 4) is 12.5 Å². The molecule has 0 aliphatic heterocycles. The van der Waals surface area contributed by atoms with Gasteiger partial charge in [0.15, 0.2) is 0 Å². The molecule has 0 amide bonds. The summed E-state index contributed by atoms with van der Waals surface area (Å²) in [5, 5.41) is 2.60. The molecule has 0 heterocycles. The van der Waals surface area contributed by atoms with Crippen LogP contribution >= 0.6 is 0 Å². The van der Waals surface area contributed by atoms with Crippen LogP contribution < -0.4 is 11.1 Å². The molecule has 2 heteroatoms. The largest absolute Gasteiger partial charge is 0.345 e. The zero-order valence-electron chi connectivity index (χ0n) is 3.57. The minimum absolute atomic E-state index is 0.601. The van der Waals surface area contributed by atoms with Crippen molar-refractivity contribution in [2.45, 2.75) is 0 Å². The summed E-state index contributed by atoms with van der Waals surface area (Å²) in [6.45, 7) is 1.31. The molecule has 0 bridgehead atoms. The second-order valence-electron chi connectivity index (χ2n) is 0.860. The van der Waals surface area contributed by atoms with Crippen molar-refractivity contribution >= 4 is 0 Å². The van der Waals surface area contributed by atoms with Gasteiger partial charge >= 0.3 is 0 Å². The third-order valence-electron chi connectivity index (χ3n) is 0.371. The van der Waals surface area contributed by atoms with E-state index in [1.54, 1.807) is 0 Å². The van der Waals surface area contributed by atoms with E-state index in [-0.39, 0.29) is 0 Å². The Labute approximate surface area is 37.7 Å². The molecule has 0 radical (unpaired) electrons. The van der Waals surface area contributed by atoms with Gasteiger partial charge < -0.3 is 11.1 Å². The van der Waals surface area contributed by atoms with E-state index in [1.807, 2.05) is 0 Å². The van der Waals surface area contributed by atoms with Gasteiger partial charge in [-0.25, -0.2) is 0 Å². The van der Waals surface area contributed by atoms with Crippen LogP contribution in [0.5, 0.6) is 0 Å². The molecule has 0 saturated heterocycles. The van der Waals surface area contributed by atoms with Crippen LogP contribution in [0.25, 0.3) is 0 Å². The van der Waals surface area contributed by atoms with Crippen LogP contribution in [0.4, 0.5) is 0 Å². The second kappa shape index (κ2) is 4.32. The summed E-state index contributed by atoms with van der Waals surface area (Å²) < 4.78 is 0. The van der Waals surface area contributed by atoms with E-state index >= 15 is 0 Å². The molecule has 0 saturated carbocycles. The number of nitrogens with one attached hydrogen (secondary N) is 1. The average Bonchev–Trinajstić information content (AvgIpc) is 1.61. The van der Waals surface area contributed by atoms with Crippen LogP contribution in [0, 0.1) is 12.5 Å². The maximum Gasteiger partial charge on any atom is 0.0352 e. The molecular weight excluding hydrogens is 76.1 g/mol. The predicted molar refractivity (Wildman–Crippen MR) is 25.9 cm³/mol. The van der Waals surface area contributed by atoms with Gasteiger partial charge in [-0.1, -0.05) is 6.42 Å². The van der Waals surface area contributed by atoms with Crippen LogP contribution in [0.15, 0.2) is 0 Å². The Morgan fingerprint density at radius 2 is 2.50 bits per heavy atom. The lowest BCUT2D eigenvalue weighted by atomic mass is 10.7. The molecule has 6 heavy (non-hydrogen) atoms. The Hall–Kier alpha value is -0.680. The minimum Gasteiger partial charge on any atom is -0.345 e. The Morgan fingerprint density at radius 3 is 2.67 bits per heavy atom. The molecular formula is C4H8N2. The molecule has 0 rings (SSSR count). The third kappa shape index (κ3) is 3.32. The van der Waals surface area contributed by atoms with Crippen molar-refractivity contribution in [2.24, 2.45) is 5.73 Å². The molecule has 0 aliphatic rings. The molecule has 2 nitrogen and oxygen atoms in total. The lowest BCUT2D eigenvalue weighted by Gasteiger charge is -1.86. The summed E-state index contributed by atoms with van der Waals surface area (Å²) in [7, 11) is 0. The van der Waals surface area contributed by atoms with Crippen molar-refractivity contribution in [1.29, 1.82) is 0 Å². The summed E-state index contributed by atoms with van der Waals surface area (Å²) in [6.07, 6.45) is 4.80. The molecule has 0 spiro atoms. The lowest BCUT2D eigenvalue weighted by Crippen LogP contribution is -2.16. The van der Waals surface area contributed by atoms with Gasteiger partial charge in [-0.2, -0.15) is 0 Å². The van der Waals surface area contributed by atoms with Gasteiger partial charge in [0.05, 0.1) is 0 Å². The number of hydrogen-bond acceptors (Lipinski definition) is 2. The molecule has 0 aromatic carbocycles. The van der Waals surface area contributed by atoms with E-state index in [4.69, 9.17) is 12.2 Å². The van der Waals surface area contributed by atoms with E-state index in [1.165, 1.54) is 0 Å². The monoisotopic (exact) mass is 84.1 g/mol. The second-order valence-corrected chi connectivity index (χ2v) is 0.860. The Bertz CT molecular complexity index is 53.1. The predicted octanol–water partition coefficient (Wildman–Crippen LogP) is -0.875. The standard InChI is InChI=1S/C4H8N2/c1-2-6-4-3-5/h1,6H,3-5H2. The highest BCUT2D eigenvalue weighted by atomic mass is 14.8. The molecule has 3 N–H and O–H groups in total. The van der Waals surface area contributed by atoms with Gasteiger partial charge in [0.2, 0.25) is 0 Å². The van der Waals surface area contributed by atoms with Gasteiger partial charge in [0.25, 0.3) is 0 Å². The van der Waals surface area contributed by atoms with Gasteiger partial charge in [-0.15, -0.1) is 0 Å². The normalized spacial score (nSPS) is 6.67. The van der Waals surface area contributed by atoms with E-state index in [2.05, 4.69) is 11.4 Å². The summed E-state index contributed by atoms with van der Waals surface area (Å²) in [5.74, 6) is 0. The molecule has 0 unspecified atom stereocenters. The van der Waals surface area contributed by atoms with E-state index < -0.39 is 0 Å². The zero-order chi connectivity index (χ0) is 4.83.